The summed E-state index contributed by atoms with van der Waals surface area (Å²) in [5, 5.41) is 12.2. The van der Waals surface area contributed by atoms with Crippen molar-refractivity contribution in [2.24, 2.45) is 0 Å². The number of carbonyl (C=O) groups is 1. The number of aromatic nitrogens is 1. The molecule has 0 unspecified atom stereocenters. The second kappa shape index (κ2) is 5.78. The van der Waals surface area contributed by atoms with E-state index in [2.05, 4.69) is 10.3 Å². The number of nitrogen functional groups attached to an aromatic ring is 1. The van der Waals surface area contributed by atoms with Crippen molar-refractivity contribution in [3.05, 3.63) is 51.6 Å². The third-order valence-electron chi connectivity index (χ3n) is 2.48. The summed E-state index contributed by atoms with van der Waals surface area (Å²) in [5.74, 6) is -0.318. The molecule has 20 heavy (non-hydrogen) atoms. The molecule has 0 aliphatic carbocycles. The van der Waals surface area contributed by atoms with Crippen LogP contribution >= 0.6 is 23.2 Å². The summed E-state index contributed by atoms with van der Waals surface area (Å²) in [6, 6.07) is 7.94. The molecule has 0 spiro atoms. The fourth-order valence-corrected chi connectivity index (χ4v) is 1.82. The van der Waals surface area contributed by atoms with Gasteiger partial charge in [-0.3, -0.25) is 4.79 Å². The number of anilines is 2. The minimum atomic E-state index is -0.460. The van der Waals surface area contributed by atoms with E-state index in [0.29, 0.717) is 16.3 Å². The number of nitrogens with two attached hydrogens (primary N) is 1. The molecule has 3 N–H and O–H groups in total. The second-order valence-electron chi connectivity index (χ2n) is 3.85. The molecule has 0 fully saturated rings. The first-order valence-corrected chi connectivity index (χ1v) is 6.19. The van der Waals surface area contributed by atoms with Gasteiger partial charge in [0, 0.05) is 11.2 Å². The lowest BCUT2D eigenvalue weighted by Crippen LogP contribution is -2.13. The van der Waals surface area contributed by atoms with E-state index >= 15 is 0 Å². The number of rotatable bonds is 2. The van der Waals surface area contributed by atoms with Crippen LogP contribution in [0.1, 0.15) is 15.9 Å². The van der Waals surface area contributed by atoms with Gasteiger partial charge in [-0.05, 0) is 24.3 Å². The molecule has 1 aromatic carbocycles. The number of nitrogens with one attached hydrogen (secondary N) is 1. The van der Waals surface area contributed by atoms with Crippen LogP contribution in [0.4, 0.5) is 11.5 Å². The van der Waals surface area contributed by atoms with E-state index < -0.39 is 5.91 Å². The van der Waals surface area contributed by atoms with Gasteiger partial charge in [-0.15, -0.1) is 0 Å². The Hall–Kier alpha value is -2.29. The summed E-state index contributed by atoms with van der Waals surface area (Å²) in [6.07, 6.45) is 1.30. The molecule has 7 heteroatoms. The summed E-state index contributed by atoms with van der Waals surface area (Å²) in [4.78, 5) is 15.8. The Morgan fingerprint density at radius 1 is 1.35 bits per heavy atom. The van der Waals surface area contributed by atoms with Crippen LogP contribution in [0.15, 0.2) is 30.5 Å². The highest BCUT2D eigenvalue weighted by Crippen LogP contribution is 2.22. The normalized spacial score (nSPS) is 9.85. The van der Waals surface area contributed by atoms with Crippen LogP contribution in [0.3, 0.4) is 0 Å². The van der Waals surface area contributed by atoms with Crippen molar-refractivity contribution >= 4 is 40.6 Å². The predicted molar refractivity (Wildman–Crippen MR) is 77.8 cm³/mol. The van der Waals surface area contributed by atoms with Gasteiger partial charge in [-0.2, -0.15) is 5.26 Å². The molecule has 2 rings (SSSR count). The summed E-state index contributed by atoms with van der Waals surface area (Å²) in [6.45, 7) is 0. The van der Waals surface area contributed by atoms with Crippen molar-refractivity contribution in [3.63, 3.8) is 0 Å². The van der Waals surface area contributed by atoms with Crippen LogP contribution in [-0.2, 0) is 0 Å². The van der Waals surface area contributed by atoms with E-state index in [1.54, 1.807) is 6.07 Å². The molecule has 1 aromatic heterocycles. The zero-order chi connectivity index (χ0) is 14.7. The third-order valence-corrected chi connectivity index (χ3v) is 3.02. The number of carbonyl (C=O) groups excluding carboxylic acids is 1. The SMILES string of the molecule is N#Cc1ccc(Cl)cc1NC(=O)c1cnc(N)c(Cl)c1. The monoisotopic (exact) mass is 306 g/mol. The highest BCUT2D eigenvalue weighted by atomic mass is 35.5. The van der Waals surface area contributed by atoms with Crippen LogP contribution in [0.2, 0.25) is 10.0 Å². The summed E-state index contributed by atoms with van der Waals surface area (Å²) < 4.78 is 0. The van der Waals surface area contributed by atoms with Crippen LogP contribution in [0.25, 0.3) is 0 Å². The lowest BCUT2D eigenvalue weighted by atomic mass is 10.2. The number of nitrogens with zero attached hydrogens (tertiary/aromatic N) is 2. The number of hydrogen-bond donors (Lipinski definition) is 2. The van der Waals surface area contributed by atoms with E-state index in [4.69, 9.17) is 34.2 Å². The molecule has 0 radical (unpaired) electrons. The first-order valence-electron chi connectivity index (χ1n) is 5.43. The van der Waals surface area contributed by atoms with Gasteiger partial charge >= 0.3 is 0 Å². The van der Waals surface area contributed by atoms with Crippen LogP contribution in [0, 0.1) is 11.3 Å². The summed E-state index contributed by atoms with van der Waals surface area (Å²) in [5.41, 5.74) is 6.32. The fraction of sp³-hybridized carbons (Fsp3) is 0. The molecule has 5 nitrogen and oxygen atoms in total. The van der Waals surface area contributed by atoms with E-state index in [-0.39, 0.29) is 16.4 Å². The van der Waals surface area contributed by atoms with Gasteiger partial charge in [0.15, 0.2) is 0 Å². The molecule has 0 bridgehead atoms. The van der Waals surface area contributed by atoms with Crippen molar-refractivity contribution in [2.45, 2.75) is 0 Å². The minimum absolute atomic E-state index is 0.142. The maximum atomic E-state index is 12.1. The Balaban J connectivity index is 2.30. The van der Waals surface area contributed by atoms with Gasteiger partial charge in [-0.1, -0.05) is 23.2 Å². The lowest BCUT2D eigenvalue weighted by molar-refractivity contribution is 0.102. The van der Waals surface area contributed by atoms with Gasteiger partial charge < -0.3 is 11.1 Å². The first-order chi connectivity index (χ1) is 9.51. The number of halogens is 2. The number of pyridine rings is 1. The molecule has 0 saturated carbocycles. The molecule has 0 aliphatic heterocycles. The molecule has 1 amide bonds. The van der Waals surface area contributed by atoms with Crippen molar-refractivity contribution < 1.29 is 4.79 Å². The van der Waals surface area contributed by atoms with Crippen molar-refractivity contribution in [1.82, 2.24) is 4.98 Å². The van der Waals surface area contributed by atoms with Crippen molar-refractivity contribution in [2.75, 3.05) is 11.1 Å². The number of hydrogen-bond acceptors (Lipinski definition) is 4. The van der Waals surface area contributed by atoms with E-state index in [1.807, 2.05) is 6.07 Å². The Kier molecular flexibility index (Phi) is 4.08. The number of benzene rings is 1. The second-order valence-corrected chi connectivity index (χ2v) is 4.69. The van der Waals surface area contributed by atoms with Crippen LogP contribution < -0.4 is 11.1 Å². The Labute approximate surface area is 124 Å². The zero-order valence-corrected chi connectivity index (χ0v) is 11.5. The molecule has 2 aromatic rings. The minimum Gasteiger partial charge on any atom is -0.382 e. The standard InChI is InChI=1S/C13H8Cl2N4O/c14-9-2-1-7(5-16)11(4-9)19-13(20)8-3-10(15)12(17)18-6-8/h1-4,6H,(H2,17,18)(H,19,20). The highest BCUT2D eigenvalue weighted by Gasteiger charge is 2.11. The van der Waals surface area contributed by atoms with E-state index in [0.717, 1.165) is 0 Å². The largest absolute Gasteiger partial charge is 0.382 e. The lowest BCUT2D eigenvalue weighted by Gasteiger charge is -2.08. The Morgan fingerprint density at radius 3 is 2.75 bits per heavy atom. The first kappa shape index (κ1) is 14.1. The summed E-state index contributed by atoms with van der Waals surface area (Å²) >= 11 is 11.6. The average molecular weight is 307 g/mol. The predicted octanol–water partition coefficient (Wildman–Crippen LogP) is 3.09. The van der Waals surface area contributed by atoms with E-state index in [9.17, 15) is 4.79 Å². The molecule has 0 saturated heterocycles. The zero-order valence-electron chi connectivity index (χ0n) is 10.0. The van der Waals surface area contributed by atoms with Crippen molar-refractivity contribution in [1.29, 1.82) is 5.26 Å². The van der Waals surface area contributed by atoms with Crippen LogP contribution in [-0.4, -0.2) is 10.9 Å². The number of amides is 1. The van der Waals surface area contributed by atoms with Gasteiger partial charge in [0.2, 0.25) is 0 Å². The van der Waals surface area contributed by atoms with Crippen molar-refractivity contribution in [3.8, 4) is 6.07 Å². The maximum Gasteiger partial charge on any atom is 0.257 e. The van der Waals surface area contributed by atoms with Gasteiger partial charge in [0.05, 0.1) is 21.8 Å². The van der Waals surface area contributed by atoms with E-state index in [1.165, 1.54) is 24.4 Å². The number of nitriles is 1. The fourth-order valence-electron chi connectivity index (χ4n) is 1.48. The molecular weight excluding hydrogens is 299 g/mol. The quantitative estimate of drug-likeness (QED) is 0.891. The van der Waals surface area contributed by atoms with Crippen LogP contribution in [0.5, 0.6) is 0 Å². The maximum absolute atomic E-state index is 12.1. The Bertz CT molecular complexity index is 725. The highest BCUT2D eigenvalue weighted by molar-refractivity contribution is 6.33. The van der Waals surface area contributed by atoms with Gasteiger partial charge in [0.25, 0.3) is 5.91 Å². The molecule has 0 aliphatic rings. The average Bonchev–Trinajstić information content (AvgIpc) is 2.42. The third kappa shape index (κ3) is 2.99. The smallest absolute Gasteiger partial charge is 0.257 e. The topological polar surface area (TPSA) is 91.8 Å². The summed E-state index contributed by atoms with van der Waals surface area (Å²) in [7, 11) is 0. The van der Waals surface area contributed by atoms with Gasteiger partial charge in [-0.25, -0.2) is 4.98 Å². The molecule has 0 atom stereocenters. The molecule has 1 heterocycles. The van der Waals surface area contributed by atoms with Gasteiger partial charge in [0.1, 0.15) is 11.9 Å². The Morgan fingerprint density at radius 2 is 2.10 bits per heavy atom. The molecule has 100 valence electrons. The molecular formula is C13H8Cl2N4O.